The van der Waals surface area contributed by atoms with Gasteiger partial charge < -0.3 is 20.6 Å². The van der Waals surface area contributed by atoms with E-state index in [1.165, 1.54) is 6.07 Å². The van der Waals surface area contributed by atoms with Gasteiger partial charge in [-0.05, 0) is 37.3 Å². The highest BCUT2D eigenvalue weighted by molar-refractivity contribution is 5.85. The molecule has 1 saturated heterocycles. The van der Waals surface area contributed by atoms with Crippen molar-refractivity contribution in [1.82, 2.24) is 15.6 Å². The van der Waals surface area contributed by atoms with E-state index in [4.69, 9.17) is 5.11 Å². The fourth-order valence-corrected chi connectivity index (χ4v) is 4.36. The van der Waals surface area contributed by atoms with Gasteiger partial charge in [0.15, 0.2) is 0 Å². The van der Waals surface area contributed by atoms with Crippen LogP contribution in [-0.4, -0.2) is 47.3 Å². The van der Waals surface area contributed by atoms with E-state index in [-0.39, 0.29) is 17.9 Å². The van der Waals surface area contributed by atoms with Crippen LogP contribution in [0, 0.1) is 11.8 Å². The maximum atomic E-state index is 12.7. The fourth-order valence-electron chi connectivity index (χ4n) is 4.36. The Morgan fingerprint density at radius 2 is 2.07 bits per heavy atom. The highest BCUT2D eigenvalue weighted by Crippen LogP contribution is 2.40. The van der Waals surface area contributed by atoms with Crippen molar-refractivity contribution >= 4 is 17.8 Å². The Labute approximate surface area is 166 Å². The number of carbonyl (C=O) groups is 2. The minimum absolute atomic E-state index is 0.0816. The van der Waals surface area contributed by atoms with Crippen LogP contribution >= 0.6 is 0 Å². The molecule has 0 aromatic carbocycles. The second-order valence-corrected chi connectivity index (χ2v) is 7.71. The Balaban J connectivity index is 1.62. The van der Waals surface area contributed by atoms with Crippen LogP contribution in [0.1, 0.15) is 38.2 Å². The number of nitrogens with one attached hydrogen (secondary N) is 2. The number of alkyl halides is 3. The molecule has 1 aromatic rings. The van der Waals surface area contributed by atoms with E-state index >= 15 is 0 Å². The number of pyridine rings is 1. The zero-order chi connectivity index (χ0) is 21.2. The third kappa shape index (κ3) is 4.91. The molecular formula is C19H25F3N4O3. The first kappa shape index (κ1) is 21.2. The molecule has 2 aliphatic rings. The molecule has 7 nitrogen and oxygen atoms in total. The van der Waals surface area contributed by atoms with Crippen molar-refractivity contribution in [1.29, 1.82) is 0 Å². The number of carbonyl (C=O) groups excluding carboxylic acids is 1. The predicted molar refractivity (Wildman–Crippen MR) is 99.5 cm³/mol. The van der Waals surface area contributed by atoms with Crippen LogP contribution in [0.4, 0.5) is 23.8 Å². The molecule has 2 heterocycles. The Hall–Kier alpha value is -2.52. The quantitative estimate of drug-likeness (QED) is 0.666. The molecule has 4 atom stereocenters. The number of hydrogen-bond acceptors (Lipinski definition) is 4. The van der Waals surface area contributed by atoms with E-state index in [0.717, 1.165) is 25.1 Å². The molecule has 2 amide bonds. The maximum absolute atomic E-state index is 12.7. The average Bonchev–Trinajstić information content (AvgIpc) is 3.22. The van der Waals surface area contributed by atoms with E-state index in [9.17, 15) is 22.8 Å². The van der Waals surface area contributed by atoms with Crippen LogP contribution in [-0.2, 0) is 11.0 Å². The van der Waals surface area contributed by atoms with Gasteiger partial charge in [-0.15, -0.1) is 0 Å². The van der Waals surface area contributed by atoms with Crippen LogP contribution in [0.5, 0.6) is 0 Å². The van der Waals surface area contributed by atoms with Crippen molar-refractivity contribution in [2.45, 2.75) is 50.9 Å². The first-order valence-electron chi connectivity index (χ1n) is 9.77. The van der Waals surface area contributed by atoms with E-state index in [1.54, 1.807) is 0 Å². The van der Waals surface area contributed by atoms with Gasteiger partial charge in [-0.1, -0.05) is 13.3 Å². The van der Waals surface area contributed by atoms with Crippen molar-refractivity contribution in [2.75, 3.05) is 18.0 Å². The van der Waals surface area contributed by atoms with E-state index in [1.807, 2.05) is 11.8 Å². The van der Waals surface area contributed by atoms with Gasteiger partial charge in [0.2, 0.25) is 5.91 Å². The summed E-state index contributed by atoms with van der Waals surface area (Å²) in [4.78, 5) is 29.4. The normalized spacial score (nSPS) is 24.8. The lowest BCUT2D eigenvalue weighted by Crippen LogP contribution is -2.50. The molecule has 29 heavy (non-hydrogen) atoms. The molecule has 3 rings (SSSR count). The number of rotatable bonds is 6. The molecule has 1 aromatic heterocycles. The topological polar surface area (TPSA) is 94.6 Å². The third-order valence-corrected chi connectivity index (χ3v) is 5.78. The Morgan fingerprint density at radius 3 is 2.66 bits per heavy atom. The summed E-state index contributed by atoms with van der Waals surface area (Å²) < 4.78 is 38.2. The number of hydrogen-bond donors (Lipinski definition) is 3. The highest BCUT2D eigenvalue weighted by Gasteiger charge is 2.44. The highest BCUT2D eigenvalue weighted by atomic mass is 19.4. The lowest BCUT2D eigenvalue weighted by atomic mass is 9.97. The molecule has 3 N–H and O–H groups in total. The Bertz CT molecular complexity index is 741. The molecule has 2 fully saturated rings. The number of anilines is 1. The number of halogens is 3. The van der Waals surface area contributed by atoms with Crippen LogP contribution in [0.3, 0.4) is 0 Å². The molecule has 1 unspecified atom stereocenters. The van der Waals surface area contributed by atoms with Gasteiger partial charge >= 0.3 is 12.3 Å². The molecule has 1 saturated carbocycles. The molecule has 1 aliphatic carbocycles. The average molecular weight is 414 g/mol. The number of nitrogens with zero attached hydrogens (tertiary/aromatic N) is 2. The van der Waals surface area contributed by atoms with Gasteiger partial charge in [-0.25, -0.2) is 9.78 Å². The summed E-state index contributed by atoms with van der Waals surface area (Å²) in [7, 11) is 0. The van der Waals surface area contributed by atoms with Crippen molar-refractivity contribution in [3.8, 4) is 0 Å². The molecule has 160 valence electrons. The first-order valence-corrected chi connectivity index (χ1v) is 9.77. The number of carboxylic acid groups (broad SMARTS) is 1. The summed E-state index contributed by atoms with van der Waals surface area (Å²) in [5, 5.41) is 14.2. The zero-order valence-corrected chi connectivity index (χ0v) is 16.1. The van der Waals surface area contributed by atoms with Crippen molar-refractivity contribution in [2.24, 2.45) is 11.8 Å². The Kier molecular flexibility index (Phi) is 6.18. The summed E-state index contributed by atoms with van der Waals surface area (Å²) >= 11 is 0. The number of aromatic nitrogens is 1. The van der Waals surface area contributed by atoms with E-state index < -0.39 is 23.9 Å². The fraction of sp³-hybridized carbons (Fsp3) is 0.632. The standard InChI is InChI=1S/C19H25F3N4O3/c1-2-3-15(25-18(28)29)17(27)24-14-6-4-11-9-26(10-13(11)14)16-7-5-12(8-23-16)19(20,21)22/h5,7-8,11,13-15,25H,2-4,6,9-10H2,1H3,(H,24,27)(H,28,29)/t11-,13+,14+,15?/m1/s1. The SMILES string of the molecule is CCCC(NC(=O)O)C(=O)N[C@H]1CC[C@@H]2CN(c3ccc(C(F)(F)F)cn3)C[C@@H]21. The first-order chi connectivity index (χ1) is 13.7. The minimum atomic E-state index is -4.42. The summed E-state index contributed by atoms with van der Waals surface area (Å²) in [5.41, 5.74) is -0.779. The largest absolute Gasteiger partial charge is 0.465 e. The van der Waals surface area contributed by atoms with Gasteiger partial charge in [0.25, 0.3) is 0 Å². The van der Waals surface area contributed by atoms with Gasteiger partial charge in [0.1, 0.15) is 11.9 Å². The smallest absolute Gasteiger partial charge is 0.417 e. The lowest BCUT2D eigenvalue weighted by molar-refractivity contribution is -0.137. The van der Waals surface area contributed by atoms with Crippen LogP contribution in [0.25, 0.3) is 0 Å². The second-order valence-electron chi connectivity index (χ2n) is 7.71. The number of fused-ring (bicyclic) bond motifs is 1. The van der Waals surface area contributed by atoms with Crippen molar-refractivity contribution in [3.63, 3.8) is 0 Å². The third-order valence-electron chi connectivity index (χ3n) is 5.78. The summed E-state index contributed by atoms with van der Waals surface area (Å²) in [6, 6.07) is 1.54. The van der Waals surface area contributed by atoms with Crippen molar-refractivity contribution < 1.29 is 27.9 Å². The molecule has 0 spiro atoms. The second kappa shape index (κ2) is 8.46. The van der Waals surface area contributed by atoms with E-state index in [0.29, 0.717) is 37.7 Å². The summed E-state index contributed by atoms with van der Waals surface area (Å²) in [5.74, 6) is 0.650. The van der Waals surface area contributed by atoms with Crippen LogP contribution in [0.15, 0.2) is 18.3 Å². The maximum Gasteiger partial charge on any atom is 0.417 e. The summed E-state index contributed by atoms with van der Waals surface area (Å²) in [6.07, 6.45) is -2.01. The lowest BCUT2D eigenvalue weighted by Gasteiger charge is -2.25. The van der Waals surface area contributed by atoms with Gasteiger partial charge in [0.05, 0.1) is 5.56 Å². The van der Waals surface area contributed by atoms with Gasteiger partial charge in [-0.3, -0.25) is 4.79 Å². The molecule has 1 aliphatic heterocycles. The molecule has 0 radical (unpaired) electrons. The minimum Gasteiger partial charge on any atom is -0.465 e. The zero-order valence-electron chi connectivity index (χ0n) is 16.1. The molecule has 10 heteroatoms. The van der Waals surface area contributed by atoms with Gasteiger partial charge in [0, 0.05) is 31.2 Å². The van der Waals surface area contributed by atoms with Crippen LogP contribution < -0.4 is 15.5 Å². The Morgan fingerprint density at radius 1 is 1.31 bits per heavy atom. The summed E-state index contributed by atoms with van der Waals surface area (Å²) in [6.45, 7) is 3.15. The van der Waals surface area contributed by atoms with Gasteiger partial charge in [-0.2, -0.15) is 13.2 Å². The van der Waals surface area contributed by atoms with Crippen molar-refractivity contribution in [3.05, 3.63) is 23.9 Å². The van der Waals surface area contributed by atoms with Crippen LogP contribution in [0.2, 0.25) is 0 Å². The number of amides is 2. The molecular weight excluding hydrogens is 389 g/mol. The molecule has 0 bridgehead atoms. The monoisotopic (exact) mass is 414 g/mol. The predicted octanol–water partition coefficient (Wildman–Crippen LogP) is 2.87. The van der Waals surface area contributed by atoms with E-state index in [2.05, 4.69) is 15.6 Å².